The lowest BCUT2D eigenvalue weighted by Gasteiger charge is -2.13. The summed E-state index contributed by atoms with van der Waals surface area (Å²) < 4.78 is 15.3. The molecule has 3 aromatic rings. The summed E-state index contributed by atoms with van der Waals surface area (Å²) in [5, 5.41) is 10.6. The Morgan fingerprint density at radius 1 is 1.19 bits per heavy atom. The fourth-order valence-electron chi connectivity index (χ4n) is 2.86. The van der Waals surface area contributed by atoms with Gasteiger partial charge in [-0.15, -0.1) is 0 Å². The predicted molar refractivity (Wildman–Crippen MR) is 102 cm³/mol. The van der Waals surface area contributed by atoms with Crippen LogP contribution in [-0.4, -0.2) is 29.0 Å². The van der Waals surface area contributed by atoms with Crippen molar-refractivity contribution < 1.29 is 14.0 Å². The van der Waals surface area contributed by atoms with Crippen LogP contribution < -0.4 is 5.32 Å². The molecule has 2 aromatic carbocycles. The smallest absolute Gasteiger partial charge is 0.262 e. The number of anilines is 1. The Kier molecular flexibility index (Phi) is 5.30. The van der Waals surface area contributed by atoms with Crippen LogP contribution in [-0.2, 0) is 11.9 Å². The van der Waals surface area contributed by atoms with Gasteiger partial charge in [0.25, 0.3) is 5.91 Å². The third kappa shape index (κ3) is 3.72. The van der Waals surface area contributed by atoms with Gasteiger partial charge in [0.2, 0.25) is 5.95 Å². The number of para-hydroxylation sites is 1. The first-order valence-electron chi connectivity index (χ1n) is 8.28. The van der Waals surface area contributed by atoms with Crippen molar-refractivity contribution in [1.82, 2.24) is 9.78 Å². The van der Waals surface area contributed by atoms with E-state index in [1.165, 1.54) is 14.2 Å². The van der Waals surface area contributed by atoms with Crippen LogP contribution in [0.3, 0.4) is 0 Å². The molecular weight excluding hydrogens is 347 g/mol. The van der Waals surface area contributed by atoms with E-state index in [9.17, 15) is 9.18 Å². The number of aryl methyl sites for hydroxylation is 2. The Morgan fingerprint density at radius 2 is 1.85 bits per heavy atom. The van der Waals surface area contributed by atoms with E-state index < -0.39 is 11.9 Å². The predicted octanol–water partition coefficient (Wildman–Crippen LogP) is 3.77. The maximum Gasteiger partial charge on any atom is 0.262 e. The Balaban J connectivity index is 2.01. The number of carbonyl (C=O) groups is 1. The van der Waals surface area contributed by atoms with E-state index in [-0.39, 0.29) is 5.56 Å². The van der Waals surface area contributed by atoms with E-state index >= 15 is 0 Å². The molecule has 0 spiro atoms. The molecule has 0 bridgehead atoms. The highest BCUT2D eigenvalue weighted by Gasteiger charge is 2.21. The number of benzene rings is 2. The fraction of sp³-hybridized carbons (Fsp3) is 0.150. The second kappa shape index (κ2) is 7.82. The van der Waals surface area contributed by atoms with Crippen LogP contribution in [0.25, 0.3) is 11.1 Å². The van der Waals surface area contributed by atoms with Crippen LogP contribution in [0, 0.1) is 12.9 Å². The van der Waals surface area contributed by atoms with Gasteiger partial charge < -0.3 is 10.2 Å². The summed E-state index contributed by atoms with van der Waals surface area (Å²) in [4.78, 5) is 17.4. The molecule has 0 aliphatic heterocycles. The van der Waals surface area contributed by atoms with E-state index in [4.69, 9.17) is 4.84 Å². The molecule has 3 rings (SSSR count). The number of amides is 1. The van der Waals surface area contributed by atoms with E-state index in [1.54, 1.807) is 25.3 Å². The molecule has 1 aromatic heterocycles. The number of carbonyl (C=O) groups excluding carboxylic acids is 1. The van der Waals surface area contributed by atoms with Crippen LogP contribution in [0.4, 0.5) is 10.1 Å². The highest BCUT2D eigenvalue weighted by atomic mass is 19.1. The van der Waals surface area contributed by atoms with Gasteiger partial charge in [0.15, 0.2) is 0 Å². The van der Waals surface area contributed by atoms with Crippen molar-refractivity contribution in [3.63, 3.8) is 0 Å². The van der Waals surface area contributed by atoms with Crippen molar-refractivity contribution in [2.45, 2.75) is 6.92 Å². The first kappa shape index (κ1) is 18.3. The van der Waals surface area contributed by atoms with Crippen LogP contribution in [0.15, 0.2) is 53.7 Å². The van der Waals surface area contributed by atoms with Gasteiger partial charge in [-0.05, 0) is 18.6 Å². The third-order valence-corrected chi connectivity index (χ3v) is 4.10. The lowest BCUT2D eigenvalue weighted by Crippen LogP contribution is -2.15. The van der Waals surface area contributed by atoms with Gasteiger partial charge in [0.05, 0.1) is 11.9 Å². The monoisotopic (exact) mass is 366 g/mol. The molecule has 0 aliphatic rings. The molecular formula is C20H19FN4O2. The minimum Gasteiger partial charge on any atom is -0.399 e. The zero-order valence-corrected chi connectivity index (χ0v) is 15.2. The summed E-state index contributed by atoms with van der Waals surface area (Å²) in [6, 6.07) is 14.9. The van der Waals surface area contributed by atoms with E-state index in [0.29, 0.717) is 11.4 Å². The average Bonchev–Trinajstić information content (AvgIpc) is 2.92. The third-order valence-electron chi connectivity index (χ3n) is 4.10. The molecule has 1 N–H and O–H groups in total. The summed E-state index contributed by atoms with van der Waals surface area (Å²) in [6.45, 7) is 1.60. The zero-order valence-electron chi connectivity index (χ0n) is 15.2. The molecule has 138 valence electrons. The van der Waals surface area contributed by atoms with Crippen molar-refractivity contribution >= 4 is 17.8 Å². The van der Waals surface area contributed by atoms with Gasteiger partial charge in [0.1, 0.15) is 12.7 Å². The van der Waals surface area contributed by atoms with Gasteiger partial charge >= 0.3 is 0 Å². The van der Waals surface area contributed by atoms with Crippen molar-refractivity contribution in [3.05, 3.63) is 71.3 Å². The van der Waals surface area contributed by atoms with Crippen LogP contribution >= 0.6 is 0 Å². The van der Waals surface area contributed by atoms with E-state index in [0.717, 1.165) is 21.4 Å². The lowest BCUT2D eigenvalue weighted by atomic mass is 9.98. The molecule has 0 radical (unpaired) electrons. The molecule has 0 aliphatic carbocycles. The van der Waals surface area contributed by atoms with E-state index in [1.807, 2.05) is 36.4 Å². The standard InChI is InChI=1S/C20H19FN4O2/c1-13-18(19(21)25(2)24-13)20(26)23-17-11-7-6-10-16(17)15-9-5-4-8-14(15)12-22-27-3/h4-12H,1-3H3,(H,23,26). The van der Waals surface area contributed by atoms with Crippen molar-refractivity contribution in [3.8, 4) is 11.1 Å². The highest BCUT2D eigenvalue weighted by molar-refractivity contribution is 6.07. The van der Waals surface area contributed by atoms with Gasteiger partial charge in [-0.1, -0.05) is 47.6 Å². The molecule has 0 saturated heterocycles. The molecule has 0 fully saturated rings. The number of halogens is 1. The summed E-state index contributed by atoms with van der Waals surface area (Å²) in [5.41, 5.74) is 3.29. The quantitative estimate of drug-likeness (QED) is 0.552. The number of nitrogens with one attached hydrogen (secondary N) is 1. The summed E-state index contributed by atoms with van der Waals surface area (Å²) >= 11 is 0. The normalized spacial score (nSPS) is 11.0. The van der Waals surface area contributed by atoms with Crippen LogP contribution in [0.1, 0.15) is 21.6 Å². The topological polar surface area (TPSA) is 68.5 Å². The molecule has 7 heteroatoms. The number of nitrogens with zero attached hydrogens (tertiary/aromatic N) is 3. The zero-order chi connectivity index (χ0) is 19.4. The van der Waals surface area contributed by atoms with Gasteiger partial charge in [-0.2, -0.15) is 9.49 Å². The van der Waals surface area contributed by atoms with Crippen molar-refractivity contribution in [2.75, 3.05) is 12.4 Å². The Bertz CT molecular complexity index is 1010. The minimum absolute atomic E-state index is 0.0680. The van der Waals surface area contributed by atoms with E-state index in [2.05, 4.69) is 15.6 Å². The highest BCUT2D eigenvalue weighted by Crippen LogP contribution is 2.30. The molecule has 0 unspecified atom stereocenters. The molecule has 27 heavy (non-hydrogen) atoms. The Hall–Kier alpha value is -3.48. The number of hydrogen-bond donors (Lipinski definition) is 1. The minimum atomic E-state index is -0.671. The first-order chi connectivity index (χ1) is 13.0. The molecule has 0 atom stereocenters. The summed E-state index contributed by atoms with van der Waals surface area (Å²) in [6.07, 6.45) is 1.60. The molecule has 1 heterocycles. The van der Waals surface area contributed by atoms with Crippen LogP contribution in [0.5, 0.6) is 0 Å². The summed E-state index contributed by atoms with van der Waals surface area (Å²) in [5.74, 6) is -1.22. The Morgan fingerprint density at radius 3 is 2.52 bits per heavy atom. The lowest BCUT2D eigenvalue weighted by molar-refractivity contribution is 0.102. The number of aromatic nitrogens is 2. The van der Waals surface area contributed by atoms with Gasteiger partial charge in [0, 0.05) is 23.9 Å². The summed E-state index contributed by atoms with van der Waals surface area (Å²) in [7, 11) is 2.93. The SMILES string of the molecule is CON=Cc1ccccc1-c1ccccc1NC(=O)c1c(C)nn(C)c1F. The fourth-order valence-corrected chi connectivity index (χ4v) is 2.86. The van der Waals surface area contributed by atoms with Crippen LogP contribution in [0.2, 0.25) is 0 Å². The second-order valence-electron chi connectivity index (χ2n) is 5.88. The maximum absolute atomic E-state index is 14.2. The number of rotatable bonds is 5. The van der Waals surface area contributed by atoms with Gasteiger partial charge in [-0.3, -0.25) is 4.79 Å². The maximum atomic E-state index is 14.2. The molecule has 0 saturated carbocycles. The van der Waals surface area contributed by atoms with Crippen molar-refractivity contribution in [1.29, 1.82) is 0 Å². The number of hydrogen-bond acceptors (Lipinski definition) is 4. The second-order valence-corrected chi connectivity index (χ2v) is 5.88. The van der Waals surface area contributed by atoms with Gasteiger partial charge in [-0.25, -0.2) is 4.68 Å². The average molecular weight is 366 g/mol. The van der Waals surface area contributed by atoms with Crippen molar-refractivity contribution in [2.24, 2.45) is 12.2 Å². The Labute approximate surface area is 156 Å². The first-order valence-corrected chi connectivity index (χ1v) is 8.28. The largest absolute Gasteiger partial charge is 0.399 e. The molecule has 1 amide bonds. The number of oxime groups is 1. The molecule has 6 nitrogen and oxygen atoms in total.